The van der Waals surface area contributed by atoms with Gasteiger partial charge in [-0.1, -0.05) is 19.1 Å². The van der Waals surface area contributed by atoms with Crippen LogP contribution in [0.3, 0.4) is 0 Å². The van der Waals surface area contributed by atoms with Crippen molar-refractivity contribution in [2.75, 3.05) is 44.6 Å². The fourth-order valence-corrected chi connectivity index (χ4v) is 3.16. The van der Waals surface area contributed by atoms with Crippen molar-refractivity contribution in [2.24, 2.45) is 10.7 Å². The first-order valence-corrected chi connectivity index (χ1v) is 7.87. The van der Waals surface area contributed by atoms with Crippen LogP contribution in [0.25, 0.3) is 0 Å². The smallest absolute Gasteiger partial charge is 0.193 e. The van der Waals surface area contributed by atoms with Crippen LogP contribution in [0.5, 0.6) is 0 Å². The van der Waals surface area contributed by atoms with Crippen LogP contribution in [-0.2, 0) is 6.42 Å². The van der Waals surface area contributed by atoms with E-state index in [2.05, 4.69) is 39.2 Å². The molecule has 4 rings (SSSR count). The van der Waals surface area contributed by atoms with Gasteiger partial charge < -0.3 is 11.1 Å². The van der Waals surface area contributed by atoms with Crippen LogP contribution in [0.2, 0.25) is 0 Å². The second-order valence-corrected chi connectivity index (χ2v) is 5.90. The lowest BCUT2D eigenvalue weighted by atomic mass is 10.1. The summed E-state index contributed by atoms with van der Waals surface area (Å²) in [4.78, 5) is 9.59. The Kier molecular flexibility index (Phi) is 6.46. The van der Waals surface area contributed by atoms with E-state index < -0.39 is 0 Å². The number of aliphatic imine (C=N–C) groups is 1. The Balaban J connectivity index is 0.00000176. The maximum Gasteiger partial charge on any atom is 0.193 e. The van der Waals surface area contributed by atoms with E-state index in [1.165, 1.54) is 31.7 Å². The highest BCUT2D eigenvalue weighted by molar-refractivity contribution is 14.0. The Morgan fingerprint density at radius 1 is 1.32 bits per heavy atom. The quantitative estimate of drug-likeness (QED) is 0.446. The molecule has 3 heterocycles. The minimum atomic E-state index is 0. The zero-order valence-corrected chi connectivity index (χ0v) is 15.5. The monoisotopic (exact) mass is 415 g/mol. The molecule has 0 aromatic heterocycles. The summed E-state index contributed by atoms with van der Waals surface area (Å²) < 4.78 is 0. The molecule has 0 spiro atoms. The van der Waals surface area contributed by atoms with Gasteiger partial charge in [-0.3, -0.25) is 14.8 Å². The molecule has 3 aliphatic heterocycles. The van der Waals surface area contributed by atoms with Crippen LogP contribution in [-0.4, -0.2) is 61.1 Å². The number of nitrogens with one attached hydrogen (secondary N) is 1. The van der Waals surface area contributed by atoms with Gasteiger partial charge in [-0.25, -0.2) is 0 Å². The molecular weight excluding hydrogens is 389 g/mol. The highest BCUT2D eigenvalue weighted by atomic mass is 127. The molecule has 3 aliphatic rings. The van der Waals surface area contributed by atoms with E-state index in [1.54, 1.807) is 0 Å². The molecule has 0 aliphatic carbocycles. The largest absolute Gasteiger partial charge is 0.370 e. The first kappa shape index (κ1) is 17.5. The summed E-state index contributed by atoms with van der Waals surface area (Å²) in [7, 11) is 0. The normalized spacial score (nSPS) is 27.3. The lowest BCUT2D eigenvalue weighted by Crippen LogP contribution is -2.61. The van der Waals surface area contributed by atoms with Crippen LogP contribution >= 0.6 is 24.0 Å². The van der Waals surface area contributed by atoms with Gasteiger partial charge in [0.15, 0.2) is 5.96 Å². The number of anilines is 1. The van der Waals surface area contributed by atoms with Crippen molar-refractivity contribution in [3.8, 4) is 0 Å². The highest BCUT2D eigenvalue weighted by Gasteiger charge is 2.31. The van der Waals surface area contributed by atoms with Gasteiger partial charge in [-0.05, 0) is 24.1 Å². The third-order valence-electron chi connectivity index (χ3n) is 4.47. The Bertz CT molecular complexity index is 511. The third-order valence-corrected chi connectivity index (χ3v) is 4.47. The first-order chi connectivity index (χ1) is 10.2. The zero-order valence-electron chi connectivity index (χ0n) is 13.2. The van der Waals surface area contributed by atoms with Crippen LogP contribution in [0.1, 0.15) is 12.5 Å². The lowest BCUT2D eigenvalue weighted by Gasteiger charge is -2.47. The average molecular weight is 415 g/mol. The minimum Gasteiger partial charge on any atom is -0.370 e. The zero-order chi connectivity index (χ0) is 14.7. The summed E-state index contributed by atoms with van der Waals surface area (Å²) >= 11 is 0. The third kappa shape index (κ3) is 4.33. The van der Waals surface area contributed by atoms with Crippen molar-refractivity contribution in [3.63, 3.8) is 0 Å². The van der Waals surface area contributed by atoms with E-state index in [9.17, 15) is 0 Å². The maximum atomic E-state index is 6.02. The van der Waals surface area contributed by atoms with E-state index in [1.807, 2.05) is 12.1 Å². The number of nitrogens with zero attached hydrogens (tertiary/aromatic N) is 3. The minimum absolute atomic E-state index is 0. The van der Waals surface area contributed by atoms with E-state index in [0.29, 0.717) is 12.0 Å². The number of rotatable bonds is 4. The Labute approximate surface area is 150 Å². The molecule has 3 N–H and O–H groups in total. The van der Waals surface area contributed by atoms with E-state index in [-0.39, 0.29) is 24.0 Å². The molecule has 0 radical (unpaired) electrons. The second-order valence-electron chi connectivity index (χ2n) is 5.90. The van der Waals surface area contributed by atoms with Crippen molar-refractivity contribution in [1.29, 1.82) is 0 Å². The van der Waals surface area contributed by atoms with Crippen molar-refractivity contribution < 1.29 is 0 Å². The number of fused-ring (bicyclic) bond motifs is 3. The molecule has 1 atom stereocenters. The molecule has 6 heteroatoms. The van der Waals surface area contributed by atoms with E-state index in [4.69, 9.17) is 5.73 Å². The van der Waals surface area contributed by atoms with Gasteiger partial charge in [0.1, 0.15) is 0 Å². The summed E-state index contributed by atoms with van der Waals surface area (Å²) in [5.41, 5.74) is 8.34. The predicted molar refractivity (Wildman–Crippen MR) is 103 cm³/mol. The van der Waals surface area contributed by atoms with Crippen LogP contribution in [0, 0.1) is 0 Å². The van der Waals surface area contributed by atoms with Crippen molar-refractivity contribution in [1.82, 2.24) is 9.80 Å². The topological polar surface area (TPSA) is 56.9 Å². The van der Waals surface area contributed by atoms with Crippen molar-refractivity contribution in [2.45, 2.75) is 19.4 Å². The fourth-order valence-electron chi connectivity index (χ4n) is 3.16. The first-order valence-electron chi connectivity index (χ1n) is 7.87. The van der Waals surface area contributed by atoms with Gasteiger partial charge in [-0.2, -0.15) is 0 Å². The molecule has 122 valence electrons. The Morgan fingerprint density at radius 2 is 2.09 bits per heavy atom. The van der Waals surface area contributed by atoms with Gasteiger partial charge in [0.2, 0.25) is 0 Å². The number of hydrogen-bond donors (Lipinski definition) is 2. The van der Waals surface area contributed by atoms with Crippen LogP contribution in [0.15, 0.2) is 29.3 Å². The molecular formula is C16H26IN5. The van der Waals surface area contributed by atoms with Gasteiger partial charge in [0, 0.05) is 44.5 Å². The fraction of sp³-hybridized carbons (Fsp3) is 0.562. The molecule has 5 nitrogen and oxygen atoms in total. The van der Waals surface area contributed by atoms with Crippen LogP contribution < -0.4 is 11.1 Å². The number of nitrogens with two attached hydrogens (primary N) is 1. The highest BCUT2D eigenvalue weighted by Crippen LogP contribution is 2.16. The second kappa shape index (κ2) is 8.12. The number of aryl methyl sites for hydroxylation is 1. The summed E-state index contributed by atoms with van der Waals surface area (Å²) in [5.74, 6) is 0.515. The standard InChI is InChI=1S/C16H25N5.HI/c1-2-13-4-3-5-14(10-13)19-16(17)18-11-15-12-20-6-8-21(15)9-7-20;/h3-5,10,15H,2,6-9,11-12H2,1H3,(H3,17,18,19);1H. The van der Waals surface area contributed by atoms with Crippen LogP contribution in [0.4, 0.5) is 5.69 Å². The SMILES string of the molecule is CCc1cccc(NC(N)=NCC2CN3CCN2CC3)c1.I. The molecule has 2 bridgehead atoms. The summed E-state index contributed by atoms with van der Waals surface area (Å²) in [6.45, 7) is 8.82. The Morgan fingerprint density at radius 3 is 2.73 bits per heavy atom. The molecule has 0 saturated carbocycles. The number of guanidine groups is 1. The number of halogens is 1. The molecule has 3 fully saturated rings. The molecule has 1 unspecified atom stereocenters. The van der Waals surface area contributed by atoms with Crippen molar-refractivity contribution in [3.05, 3.63) is 29.8 Å². The number of benzene rings is 1. The molecule has 0 amide bonds. The summed E-state index contributed by atoms with van der Waals surface area (Å²) in [6, 6.07) is 8.85. The van der Waals surface area contributed by atoms with Gasteiger partial charge in [0.25, 0.3) is 0 Å². The number of hydrogen-bond acceptors (Lipinski definition) is 3. The molecule has 22 heavy (non-hydrogen) atoms. The summed E-state index contributed by atoms with van der Waals surface area (Å²) in [6.07, 6.45) is 1.03. The Hall–Kier alpha value is -0.860. The predicted octanol–water partition coefficient (Wildman–Crippen LogP) is 1.59. The maximum absolute atomic E-state index is 6.02. The molecule has 1 aromatic rings. The molecule has 3 saturated heterocycles. The van der Waals surface area contributed by atoms with Crippen molar-refractivity contribution >= 4 is 35.6 Å². The van der Waals surface area contributed by atoms with Gasteiger partial charge in [-0.15, -0.1) is 24.0 Å². The lowest BCUT2D eigenvalue weighted by molar-refractivity contribution is 0.0174. The van der Waals surface area contributed by atoms with Gasteiger partial charge >= 0.3 is 0 Å². The average Bonchev–Trinajstić information content (AvgIpc) is 2.54. The molecule has 1 aromatic carbocycles. The summed E-state index contributed by atoms with van der Waals surface area (Å²) in [5, 5.41) is 3.20. The van der Waals surface area contributed by atoms with Gasteiger partial charge in [0.05, 0.1) is 6.54 Å². The van der Waals surface area contributed by atoms with E-state index >= 15 is 0 Å². The van der Waals surface area contributed by atoms with E-state index in [0.717, 1.165) is 25.2 Å². The number of piperazine rings is 3.